The number of sulfonamides is 1. The van der Waals surface area contributed by atoms with Crippen LogP contribution in [0.5, 0.6) is 0 Å². The Hall–Kier alpha value is -2.52. The number of rotatable bonds is 6. The fourth-order valence-corrected chi connectivity index (χ4v) is 2.52. The van der Waals surface area contributed by atoms with Crippen molar-refractivity contribution in [1.82, 2.24) is 4.72 Å². The Morgan fingerprint density at radius 1 is 1.29 bits per heavy atom. The van der Waals surface area contributed by atoms with Gasteiger partial charge in [-0.1, -0.05) is 12.1 Å². The van der Waals surface area contributed by atoms with E-state index in [0.29, 0.717) is 11.8 Å². The summed E-state index contributed by atoms with van der Waals surface area (Å²) in [4.78, 5) is 20.5. The number of carbonyl (C=O) groups excluding carboxylic acids is 1. The second kappa shape index (κ2) is 5.85. The zero-order chi connectivity index (χ0) is 15.5. The predicted octanol–water partition coefficient (Wildman–Crippen LogP) is 1.48. The molecule has 0 aliphatic carbocycles. The van der Waals surface area contributed by atoms with E-state index in [1.807, 2.05) is 0 Å². The Balaban J connectivity index is 2.13. The molecule has 1 aromatic carbocycles. The smallest absolute Gasteiger partial charge is 0.274 e. The summed E-state index contributed by atoms with van der Waals surface area (Å²) in [5.41, 5.74) is 0.294. The van der Waals surface area contributed by atoms with Crippen LogP contribution in [0.2, 0.25) is 0 Å². The largest absolute Gasteiger partial charge is 0.440 e. The molecule has 2 aromatic rings. The summed E-state index contributed by atoms with van der Waals surface area (Å²) < 4.78 is 30.9. The van der Waals surface area contributed by atoms with Crippen LogP contribution >= 0.6 is 0 Å². The Labute approximate surface area is 119 Å². The van der Waals surface area contributed by atoms with Crippen molar-refractivity contribution >= 4 is 22.0 Å². The van der Waals surface area contributed by atoms with Crippen molar-refractivity contribution in [3.05, 3.63) is 57.8 Å². The van der Waals surface area contributed by atoms with Crippen LogP contribution in [0, 0.1) is 10.1 Å². The molecule has 0 aliphatic heterocycles. The third kappa shape index (κ3) is 3.52. The summed E-state index contributed by atoms with van der Waals surface area (Å²) >= 11 is 0. The molecule has 0 spiro atoms. The first-order valence-electron chi connectivity index (χ1n) is 5.70. The van der Waals surface area contributed by atoms with Gasteiger partial charge in [0.25, 0.3) is 15.7 Å². The lowest BCUT2D eigenvalue weighted by Crippen LogP contribution is -2.22. The molecule has 1 N–H and O–H groups in total. The van der Waals surface area contributed by atoms with Crippen LogP contribution in [0.1, 0.15) is 16.1 Å². The molecule has 2 rings (SSSR count). The zero-order valence-electron chi connectivity index (χ0n) is 10.6. The maximum atomic E-state index is 11.9. The van der Waals surface area contributed by atoms with Gasteiger partial charge in [0.05, 0.1) is 4.92 Å². The molecule has 0 saturated carbocycles. The van der Waals surface area contributed by atoms with Crippen molar-refractivity contribution in [2.45, 2.75) is 11.6 Å². The highest BCUT2D eigenvalue weighted by molar-refractivity contribution is 7.89. The van der Waals surface area contributed by atoms with Gasteiger partial charge >= 0.3 is 0 Å². The first-order valence-corrected chi connectivity index (χ1v) is 7.19. The Kier molecular flexibility index (Phi) is 4.15. The van der Waals surface area contributed by atoms with Crippen LogP contribution in [0.3, 0.4) is 0 Å². The molecule has 110 valence electrons. The molecular weight excluding hydrogens is 300 g/mol. The number of furan rings is 1. The predicted molar refractivity (Wildman–Crippen MR) is 71.2 cm³/mol. The van der Waals surface area contributed by atoms with Gasteiger partial charge in [0.1, 0.15) is 0 Å². The van der Waals surface area contributed by atoms with Gasteiger partial charge < -0.3 is 4.42 Å². The zero-order valence-corrected chi connectivity index (χ0v) is 11.4. The highest BCUT2D eigenvalue weighted by Gasteiger charge is 2.18. The number of carbonyl (C=O) groups is 1. The third-order valence-corrected chi connectivity index (χ3v) is 3.84. The standard InChI is InChI=1S/C12H10N2O6S/c15-8-11-4-5-12(20-11)21(18,19)13-7-9-2-1-3-10(6-9)14(16)17/h1-6,8,13H,7H2. The number of nitro benzene ring substituents is 1. The van der Waals surface area contributed by atoms with E-state index in [-0.39, 0.29) is 18.0 Å². The van der Waals surface area contributed by atoms with Crippen molar-refractivity contribution in [1.29, 1.82) is 0 Å². The number of nitrogens with zero attached hydrogens (tertiary/aromatic N) is 1. The van der Waals surface area contributed by atoms with E-state index in [2.05, 4.69) is 4.72 Å². The number of benzene rings is 1. The van der Waals surface area contributed by atoms with Crippen molar-refractivity contribution in [3.8, 4) is 0 Å². The van der Waals surface area contributed by atoms with Gasteiger partial charge in [-0.05, 0) is 17.7 Å². The molecule has 0 fully saturated rings. The van der Waals surface area contributed by atoms with Gasteiger partial charge in [-0.3, -0.25) is 14.9 Å². The second-order valence-electron chi connectivity index (χ2n) is 4.03. The molecule has 0 saturated heterocycles. The van der Waals surface area contributed by atoms with Crippen molar-refractivity contribution in [3.63, 3.8) is 0 Å². The van der Waals surface area contributed by atoms with E-state index in [9.17, 15) is 23.3 Å². The maximum absolute atomic E-state index is 11.9. The molecule has 0 amide bonds. The lowest BCUT2D eigenvalue weighted by atomic mass is 10.2. The normalized spacial score (nSPS) is 11.2. The summed E-state index contributed by atoms with van der Waals surface area (Å²) in [5.74, 6) is -0.106. The van der Waals surface area contributed by atoms with Crippen LogP contribution in [0.4, 0.5) is 5.69 Å². The molecule has 9 heteroatoms. The Morgan fingerprint density at radius 3 is 2.67 bits per heavy atom. The molecule has 0 atom stereocenters. The van der Waals surface area contributed by atoms with Crippen LogP contribution in [-0.4, -0.2) is 19.6 Å². The summed E-state index contributed by atoms with van der Waals surface area (Å²) in [7, 11) is -3.93. The summed E-state index contributed by atoms with van der Waals surface area (Å²) in [5, 5.41) is 10.2. The minimum absolute atomic E-state index is 0.106. The number of hydrogen-bond donors (Lipinski definition) is 1. The Bertz CT molecular complexity index is 781. The average Bonchev–Trinajstić information content (AvgIpc) is 2.95. The van der Waals surface area contributed by atoms with E-state index in [0.717, 1.165) is 6.07 Å². The molecule has 1 heterocycles. The van der Waals surface area contributed by atoms with Crippen LogP contribution in [0.15, 0.2) is 45.9 Å². The number of aldehydes is 1. The first-order chi connectivity index (χ1) is 9.92. The van der Waals surface area contributed by atoms with Gasteiger partial charge in [-0.2, -0.15) is 0 Å². The van der Waals surface area contributed by atoms with E-state index in [4.69, 9.17) is 4.42 Å². The van der Waals surface area contributed by atoms with E-state index < -0.39 is 20.0 Å². The molecule has 1 aromatic heterocycles. The number of nitrogens with one attached hydrogen (secondary N) is 1. The fourth-order valence-electron chi connectivity index (χ4n) is 1.57. The van der Waals surface area contributed by atoms with Crippen molar-refractivity contribution in [2.24, 2.45) is 0 Å². The molecule has 8 nitrogen and oxygen atoms in total. The van der Waals surface area contributed by atoms with E-state index in [1.165, 1.54) is 24.3 Å². The third-order valence-electron chi connectivity index (χ3n) is 2.57. The SMILES string of the molecule is O=Cc1ccc(S(=O)(=O)NCc2cccc([N+](=O)[O-])c2)o1. The first kappa shape index (κ1) is 14.9. The molecule has 21 heavy (non-hydrogen) atoms. The minimum Gasteiger partial charge on any atom is -0.440 e. The number of non-ortho nitro benzene ring substituents is 1. The highest BCUT2D eigenvalue weighted by Crippen LogP contribution is 2.15. The number of hydrogen-bond acceptors (Lipinski definition) is 6. The molecule has 0 bridgehead atoms. The average molecular weight is 310 g/mol. The van der Waals surface area contributed by atoms with Crippen LogP contribution in [-0.2, 0) is 16.6 Å². The molecular formula is C12H10N2O6S. The molecule has 0 aliphatic rings. The van der Waals surface area contributed by atoms with Gasteiger partial charge in [-0.15, -0.1) is 0 Å². The highest BCUT2D eigenvalue weighted by atomic mass is 32.2. The maximum Gasteiger partial charge on any atom is 0.274 e. The summed E-state index contributed by atoms with van der Waals surface area (Å²) in [6, 6.07) is 7.96. The van der Waals surface area contributed by atoms with Crippen LogP contribution < -0.4 is 4.72 Å². The second-order valence-corrected chi connectivity index (χ2v) is 5.72. The topological polar surface area (TPSA) is 120 Å². The monoisotopic (exact) mass is 310 g/mol. The molecule has 0 unspecified atom stereocenters. The van der Waals surface area contributed by atoms with Crippen LogP contribution in [0.25, 0.3) is 0 Å². The molecule has 0 radical (unpaired) electrons. The van der Waals surface area contributed by atoms with Gasteiger partial charge in [0.15, 0.2) is 12.0 Å². The quantitative estimate of drug-likeness (QED) is 0.490. The van der Waals surface area contributed by atoms with Gasteiger partial charge in [0, 0.05) is 18.7 Å². The Morgan fingerprint density at radius 2 is 2.05 bits per heavy atom. The fraction of sp³-hybridized carbons (Fsp3) is 0.0833. The van der Waals surface area contributed by atoms with Gasteiger partial charge in [-0.25, -0.2) is 13.1 Å². The minimum atomic E-state index is -3.93. The van der Waals surface area contributed by atoms with Crippen molar-refractivity contribution < 1.29 is 22.6 Å². The summed E-state index contributed by atoms with van der Waals surface area (Å²) in [6.07, 6.45) is 0.388. The van der Waals surface area contributed by atoms with E-state index in [1.54, 1.807) is 6.07 Å². The van der Waals surface area contributed by atoms with E-state index >= 15 is 0 Å². The van der Waals surface area contributed by atoms with Gasteiger partial charge in [0.2, 0.25) is 5.09 Å². The van der Waals surface area contributed by atoms with Crippen molar-refractivity contribution in [2.75, 3.05) is 0 Å². The number of nitro groups is 1. The lowest BCUT2D eigenvalue weighted by molar-refractivity contribution is -0.384. The lowest BCUT2D eigenvalue weighted by Gasteiger charge is -2.04. The summed E-state index contributed by atoms with van der Waals surface area (Å²) in [6.45, 7) is -0.138.